The van der Waals surface area contributed by atoms with Crippen LogP contribution in [0.2, 0.25) is 0 Å². The van der Waals surface area contributed by atoms with Gasteiger partial charge in [-0.15, -0.1) is 0 Å². The summed E-state index contributed by atoms with van der Waals surface area (Å²) in [7, 11) is 0. The SMILES string of the molecule is CCC1(CNC(=O)OCc2ccccc2)COC1. The Morgan fingerprint density at radius 3 is 2.67 bits per heavy atom. The Hall–Kier alpha value is -1.55. The molecule has 0 saturated carbocycles. The smallest absolute Gasteiger partial charge is 0.407 e. The lowest BCUT2D eigenvalue weighted by Gasteiger charge is -2.40. The molecular formula is C14H19NO3. The van der Waals surface area contributed by atoms with Crippen LogP contribution in [0.3, 0.4) is 0 Å². The zero-order valence-electron chi connectivity index (χ0n) is 10.6. The van der Waals surface area contributed by atoms with Crippen molar-refractivity contribution >= 4 is 6.09 Å². The standard InChI is InChI=1S/C14H19NO3/c1-2-14(10-17-11-14)9-15-13(16)18-8-12-6-4-3-5-7-12/h3-7H,2,8-11H2,1H3,(H,15,16). The molecular weight excluding hydrogens is 230 g/mol. The van der Waals surface area contributed by atoms with Crippen molar-refractivity contribution < 1.29 is 14.3 Å². The van der Waals surface area contributed by atoms with E-state index in [1.54, 1.807) is 0 Å². The maximum Gasteiger partial charge on any atom is 0.407 e. The largest absolute Gasteiger partial charge is 0.445 e. The number of carbonyl (C=O) groups excluding carboxylic acids is 1. The Morgan fingerprint density at radius 2 is 2.11 bits per heavy atom. The lowest BCUT2D eigenvalue weighted by molar-refractivity contribution is -0.112. The van der Waals surface area contributed by atoms with Crippen LogP contribution in [0.25, 0.3) is 0 Å². The van der Waals surface area contributed by atoms with Crippen molar-refractivity contribution in [2.75, 3.05) is 19.8 Å². The summed E-state index contributed by atoms with van der Waals surface area (Å²) >= 11 is 0. The molecule has 0 radical (unpaired) electrons. The number of nitrogens with one attached hydrogen (secondary N) is 1. The molecule has 1 fully saturated rings. The molecule has 0 unspecified atom stereocenters. The number of ether oxygens (including phenoxy) is 2. The van der Waals surface area contributed by atoms with Crippen LogP contribution >= 0.6 is 0 Å². The maximum absolute atomic E-state index is 11.5. The molecule has 0 bridgehead atoms. The minimum Gasteiger partial charge on any atom is -0.445 e. The van der Waals surface area contributed by atoms with Gasteiger partial charge in [0, 0.05) is 12.0 Å². The van der Waals surface area contributed by atoms with Crippen LogP contribution in [0.1, 0.15) is 18.9 Å². The first-order valence-corrected chi connectivity index (χ1v) is 6.26. The van der Waals surface area contributed by atoms with Gasteiger partial charge in [-0.05, 0) is 12.0 Å². The summed E-state index contributed by atoms with van der Waals surface area (Å²) in [6, 6.07) is 9.65. The predicted molar refractivity (Wildman–Crippen MR) is 68.2 cm³/mol. The monoisotopic (exact) mass is 249 g/mol. The lowest BCUT2D eigenvalue weighted by atomic mass is 9.83. The van der Waals surface area contributed by atoms with Gasteiger partial charge in [0.05, 0.1) is 13.2 Å². The van der Waals surface area contributed by atoms with E-state index in [1.807, 2.05) is 30.3 Å². The second-order valence-electron chi connectivity index (χ2n) is 4.76. The molecule has 0 aromatic heterocycles. The summed E-state index contributed by atoms with van der Waals surface area (Å²) in [5.41, 5.74) is 1.11. The van der Waals surface area contributed by atoms with Crippen molar-refractivity contribution in [1.82, 2.24) is 5.32 Å². The van der Waals surface area contributed by atoms with E-state index in [9.17, 15) is 4.79 Å². The van der Waals surface area contributed by atoms with Crippen LogP contribution in [0, 0.1) is 5.41 Å². The maximum atomic E-state index is 11.5. The molecule has 1 N–H and O–H groups in total. The topological polar surface area (TPSA) is 47.6 Å². The molecule has 0 aliphatic carbocycles. The van der Waals surface area contributed by atoms with Crippen molar-refractivity contribution in [2.24, 2.45) is 5.41 Å². The van der Waals surface area contributed by atoms with Crippen LogP contribution in [0.4, 0.5) is 4.79 Å². The van der Waals surface area contributed by atoms with Gasteiger partial charge in [-0.25, -0.2) is 4.79 Å². The minimum absolute atomic E-state index is 0.117. The van der Waals surface area contributed by atoms with E-state index in [0.717, 1.165) is 25.2 Å². The summed E-state index contributed by atoms with van der Waals surface area (Å²) in [6.45, 7) is 4.49. The highest BCUT2D eigenvalue weighted by atomic mass is 16.5. The van der Waals surface area contributed by atoms with Gasteiger partial charge in [-0.1, -0.05) is 37.3 Å². The molecule has 1 aromatic carbocycles. The molecule has 1 saturated heterocycles. The molecule has 1 aromatic rings. The Balaban J connectivity index is 1.69. The number of carbonyl (C=O) groups is 1. The first-order valence-electron chi connectivity index (χ1n) is 6.26. The van der Waals surface area contributed by atoms with Crippen LogP contribution < -0.4 is 5.32 Å². The predicted octanol–water partition coefficient (Wildman–Crippen LogP) is 2.34. The highest BCUT2D eigenvalue weighted by Crippen LogP contribution is 2.30. The van der Waals surface area contributed by atoms with Crippen LogP contribution in [0.5, 0.6) is 0 Å². The highest BCUT2D eigenvalue weighted by molar-refractivity contribution is 5.67. The fourth-order valence-electron chi connectivity index (χ4n) is 1.86. The molecule has 0 atom stereocenters. The first-order chi connectivity index (χ1) is 8.74. The minimum atomic E-state index is -0.362. The average Bonchev–Trinajstić information content (AvgIpc) is 2.37. The third kappa shape index (κ3) is 3.23. The molecule has 0 spiro atoms. The zero-order chi connectivity index (χ0) is 12.8. The van der Waals surface area contributed by atoms with Gasteiger partial charge in [0.1, 0.15) is 6.61 Å². The van der Waals surface area contributed by atoms with Gasteiger partial charge in [0.15, 0.2) is 0 Å². The zero-order valence-corrected chi connectivity index (χ0v) is 10.6. The molecule has 18 heavy (non-hydrogen) atoms. The molecule has 4 nitrogen and oxygen atoms in total. The van der Waals surface area contributed by atoms with Gasteiger partial charge >= 0.3 is 6.09 Å². The second kappa shape index (κ2) is 5.87. The summed E-state index contributed by atoms with van der Waals surface area (Å²) in [5, 5.41) is 2.81. The lowest BCUT2D eigenvalue weighted by Crippen LogP contribution is -2.50. The molecule has 1 heterocycles. The van der Waals surface area contributed by atoms with Crippen molar-refractivity contribution in [3.05, 3.63) is 35.9 Å². The molecule has 4 heteroatoms. The van der Waals surface area contributed by atoms with Crippen molar-refractivity contribution in [3.63, 3.8) is 0 Å². The van der Waals surface area contributed by atoms with Gasteiger partial charge in [-0.2, -0.15) is 0 Å². The molecule has 1 aliphatic heterocycles. The third-order valence-corrected chi connectivity index (χ3v) is 3.39. The number of alkyl carbamates (subject to hydrolysis) is 1. The first kappa shape index (κ1) is 12.9. The van der Waals surface area contributed by atoms with Gasteiger partial charge in [0.25, 0.3) is 0 Å². The third-order valence-electron chi connectivity index (χ3n) is 3.39. The number of hydrogen-bond donors (Lipinski definition) is 1. The summed E-state index contributed by atoms with van der Waals surface area (Å²) in [4.78, 5) is 11.5. The Labute approximate surface area is 107 Å². The van der Waals surface area contributed by atoms with Crippen molar-refractivity contribution in [3.8, 4) is 0 Å². The Bertz CT molecular complexity index is 382. The quantitative estimate of drug-likeness (QED) is 0.871. The van der Waals surface area contributed by atoms with E-state index in [0.29, 0.717) is 13.2 Å². The Kier molecular flexibility index (Phi) is 4.20. The van der Waals surface area contributed by atoms with Gasteiger partial charge < -0.3 is 14.8 Å². The number of benzene rings is 1. The summed E-state index contributed by atoms with van der Waals surface area (Å²) < 4.78 is 10.3. The second-order valence-corrected chi connectivity index (χ2v) is 4.76. The van der Waals surface area contributed by atoms with E-state index in [4.69, 9.17) is 9.47 Å². The van der Waals surface area contributed by atoms with Crippen LogP contribution in [0.15, 0.2) is 30.3 Å². The van der Waals surface area contributed by atoms with Crippen molar-refractivity contribution in [2.45, 2.75) is 20.0 Å². The van der Waals surface area contributed by atoms with Crippen LogP contribution in [-0.2, 0) is 16.1 Å². The molecule has 1 amide bonds. The van der Waals surface area contributed by atoms with E-state index < -0.39 is 0 Å². The normalized spacial score (nSPS) is 16.7. The van der Waals surface area contributed by atoms with E-state index in [1.165, 1.54) is 0 Å². The average molecular weight is 249 g/mol. The number of amides is 1. The number of hydrogen-bond acceptors (Lipinski definition) is 3. The molecule has 2 rings (SSSR count). The van der Waals surface area contributed by atoms with Crippen LogP contribution in [-0.4, -0.2) is 25.9 Å². The van der Waals surface area contributed by atoms with E-state index in [-0.39, 0.29) is 11.5 Å². The summed E-state index contributed by atoms with van der Waals surface area (Å²) in [6.07, 6.45) is 0.643. The van der Waals surface area contributed by atoms with E-state index >= 15 is 0 Å². The molecule has 1 aliphatic rings. The van der Waals surface area contributed by atoms with Gasteiger partial charge in [-0.3, -0.25) is 0 Å². The fraction of sp³-hybridized carbons (Fsp3) is 0.500. The highest BCUT2D eigenvalue weighted by Gasteiger charge is 2.37. The molecule has 98 valence electrons. The summed E-state index contributed by atoms with van der Waals surface area (Å²) in [5.74, 6) is 0. The van der Waals surface area contributed by atoms with Gasteiger partial charge in [0.2, 0.25) is 0 Å². The Morgan fingerprint density at radius 1 is 1.39 bits per heavy atom. The van der Waals surface area contributed by atoms with Crippen molar-refractivity contribution in [1.29, 1.82) is 0 Å². The fourth-order valence-corrected chi connectivity index (χ4v) is 1.86. The van der Waals surface area contributed by atoms with E-state index in [2.05, 4.69) is 12.2 Å². The number of rotatable bonds is 5.